The van der Waals surface area contributed by atoms with Gasteiger partial charge in [-0.3, -0.25) is 0 Å². The summed E-state index contributed by atoms with van der Waals surface area (Å²) in [6.07, 6.45) is 18.2. The third kappa shape index (κ3) is 7.10. The molecular formula is C23H38. The van der Waals surface area contributed by atoms with Crippen LogP contribution in [0, 0.1) is 11.8 Å². The second kappa shape index (κ2) is 10.9. The highest BCUT2D eigenvalue weighted by molar-refractivity contribution is 5.22. The molecule has 0 atom stereocenters. The summed E-state index contributed by atoms with van der Waals surface area (Å²) in [6.45, 7) is 4.62. The molecule has 0 unspecified atom stereocenters. The predicted molar refractivity (Wildman–Crippen MR) is 103 cm³/mol. The van der Waals surface area contributed by atoms with Crippen molar-refractivity contribution >= 4 is 0 Å². The Morgan fingerprint density at radius 2 is 1.22 bits per heavy atom. The van der Waals surface area contributed by atoms with Gasteiger partial charge in [0.1, 0.15) is 0 Å². The van der Waals surface area contributed by atoms with Crippen molar-refractivity contribution in [3.8, 4) is 0 Å². The summed E-state index contributed by atoms with van der Waals surface area (Å²) < 4.78 is 0. The van der Waals surface area contributed by atoms with Crippen LogP contribution >= 0.6 is 0 Å². The van der Waals surface area contributed by atoms with Gasteiger partial charge >= 0.3 is 0 Å². The fourth-order valence-corrected chi connectivity index (χ4v) is 4.22. The number of rotatable bonds is 10. The van der Waals surface area contributed by atoms with E-state index in [9.17, 15) is 0 Å². The van der Waals surface area contributed by atoms with E-state index >= 15 is 0 Å². The summed E-state index contributed by atoms with van der Waals surface area (Å²) in [5, 5.41) is 0. The van der Waals surface area contributed by atoms with Crippen LogP contribution in [-0.2, 0) is 12.8 Å². The van der Waals surface area contributed by atoms with Gasteiger partial charge < -0.3 is 0 Å². The summed E-state index contributed by atoms with van der Waals surface area (Å²) in [5.41, 5.74) is 3.09. The molecule has 0 heterocycles. The molecule has 0 radical (unpaired) electrons. The third-order valence-electron chi connectivity index (χ3n) is 5.85. The fraction of sp³-hybridized carbons (Fsp3) is 0.739. The highest BCUT2D eigenvalue weighted by Gasteiger charge is 2.20. The third-order valence-corrected chi connectivity index (χ3v) is 5.85. The van der Waals surface area contributed by atoms with Crippen LogP contribution in [0.3, 0.4) is 0 Å². The number of benzene rings is 1. The second-order valence-corrected chi connectivity index (χ2v) is 7.84. The maximum Gasteiger partial charge on any atom is -0.0276 e. The van der Waals surface area contributed by atoms with Crippen molar-refractivity contribution in [3.63, 3.8) is 0 Å². The van der Waals surface area contributed by atoms with Crippen LogP contribution < -0.4 is 0 Å². The van der Waals surface area contributed by atoms with Gasteiger partial charge in [-0.2, -0.15) is 0 Å². The SMILES string of the molecule is CCCCCCc1ccc(CC[C@H]2CC[C@H](CCC)CC2)cc1. The number of hydrogen-bond acceptors (Lipinski definition) is 0. The van der Waals surface area contributed by atoms with Crippen LogP contribution in [0.2, 0.25) is 0 Å². The Labute approximate surface area is 145 Å². The zero-order chi connectivity index (χ0) is 16.3. The Morgan fingerprint density at radius 3 is 1.78 bits per heavy atom. The Bertz CT molecular complexity index is 395. The lowest BCUT2D eigenvalue weighted by Crippen LogP contribution is -2.15. The molecule has 1 aromatic rings. The fourth-order valence-electron chi connectivity index (χ4n) is 4.22. The molecule has 1 fully saturated rings. The van der Waals surface area contributed by atoms with Crippen molar-refractivity contribution in [1.82, 2.24) is 0 Å². The van der Waals surface area contributed by atoms with Gasteiger partial charge in [0.15, 0.2) is 0 Å². The van der Waals surface area contributed by atoms with Crippen molar-refractivity contribution in [2.75, 3.05) is 0 Å². The molecule has 0 bridgehead atoms. The zero-order valence-corrected chi connectivity index (χ0v) is 15.7. The van der Waals surface area contributed by atoms with Gasteiger partial charge in [-0.15, -0.1) is 0 Å². The average molecular weight is 315 g/mol. The van der Waals surface area contributed by atoms with Crippen molar-refractivity contribution in [2.45, 2.75) is 97.3 Å². The lowest BCUT2D eigenvalue weighted by Gasteiger charge is -2.28. The minimum absolute atomic E-state index is 0.997. The Balaban J connectivity index is 1.64. The lowest BCUT2D eigenvalue weighted by atomic mass is 9.78. The first-order valence-corrected chi connectivity index (χ1v) is 10.4. The minimum atomic E-state index is 0.997. The Morgan fingerprint density at radius 1 is 0.652 bits per heavy atom. The maximum atomic E-state index is 2.39. The molecule has 0 aromatic heterocycles. The Kier molecular flexibility index (Phi) is 8.79. The molecule has 1 aromatic carbocycles. The first-order valence-electron chi connectivity index (χ1n) is 10.4. The van der Waals surface area contributed by atoms with Crippen LogP contribution in [0.5, 0.6) is 0 Å². The molecule has 130 valence electrons. The van der Waals surface area contributed by atoms with E-state index in [4.69, 9.17) is 0 Å². The summed E-state index contributed by atoms with van der Waals surface area (Å²) >= 11 is 0. The molecule has 0 N–H and O–H groups in total. The van der Waals surface area contributed by atoms with Crippen LogP contribution in [0.4, 0.5) is 0 Å². The van der Waals surface area contributed by atoms with Gasteiger partial charge in [-0.25, -0.2) is 0 Å². The van der Waals surface area contributed by atoms with Gasteiger partial charge in [-0.05, 0) is 48.6 Å². The molecule has 0 heteroatoms. The smallest absolute Gasteiger partial charge is 0.0276 e. The van der Waals surface area contributed by atoms with Crippen molar-refractivity contribution < 1.29 is 0 Å². The van der Waals surface area contributed by atoms with Crippen molar-refractivity contribution in [3.05, 3.63) is 35.4 Å². The molecule has 0 saturated heterocycles. The molecule has 1 aliphatic rings. The first kappa shape index (κ1) is 18.6. The van der Waals surface area contributed by atoms with Gasteiger partial charge in [0.2, 0.25) is 0 Å². The second-order valence-electron chi connectivity index (χ2n) is 7.84. The summed E-state index contributed by atoms with van der Waals surface area (Å²) in [6, 6.07) is 9.52. The minimum Gasteiger partial charge on any atom is -0.0654 e. The van der Waals surface area contributed by atoms with Crippen LogP contribution in [0.25, 0.3) is 0 Å². The van der Waals surface area contributed by atoms with Crippen LogP contribution in [-0.4, -0.2) is 0 Å². The van der Waals surface area contributed by atoms with Crippen LogP contribution in [0.1, 0.15) is 95.6 Å². The molecule has 0 amide bonds. The quantitative estimate of drug-likeness (QED) is 0.396. The first-order chi connectivity index (χ1) is 11.3. The number of unbranched alkanes of at least 4 members (excludes halogenated alkanes) is 3. The summed E-state index contributed by atoms with van der Waals surface area (Å²) in [5.74, 6) is 2.04. The predicted octanol–water partition coefficient (Wildman–Crippen LogP) is 7.35. The standard InChI is InChI=1S/C23H38/c1-3-5-6-7-9-21-12-16-23(17-13-21)19-18-22-14-10-20(8-4-2)11-15-22/h12-13,16-17,20,22H,3-11,14-15,18-19H2,1-2H3/t20-,22-. The molecular weight excluding hydrogens is 276 g/mol. The van der Waals surface area contributed by atoms with E-state index in [0.717, 1.165) is 11.8 Å². The van der Waals surface area contributed by atoms with Gasteiger partial charge in [-0.1, -0.05) is 95.9 Å². The molecule has 0 aliphatic heterocycles. The highest BCUT2D eigenvalue weighted by Crippen LogP contribution is 2.33. The van der Waals surface area contributed by atoms with E-state index < -0.39 is 0 Å². The topological polar surface area (TPSA) is 0 Å². The highest BCUT2D eigenvalue weighted by atomic mass is 14.3. The van der Waals surface area contributed by atoms with Gasteiger partial charge in [0.05, 0.1) is 0 Å². The molecule has 1 aliphatic carbocycles. The van der Waals surface area contributed by atoms with E-state index in [2.05, 4.69) is 38.1 Å². The average Bonchev–Trinajstić information content (AvgIpc) is 2.59. The van der Waals surface area contributed by atoms with Gasteiger partial charge in [0, 0.05) is 0 Å². The normalized spacial score (nSPS) is 21.5. The van der Waals surface area contributed by atoms with E-state index in [1.807, 2.05) is 0 Å². The van der Waals surface area contributed by atoms with Crippen molar-refractivity contribution in [1.29, 1.82) is 0 Å². The largest absolute Gasteiger partial charge is 0.0654 e. The van der Waals surface area contributed by atoms with E-state index in [0.29, 0.717) is 0 Å². The molecule has 0 nitrogen and oxygen atoms in total. The summed E-state index contributed by atoms with van der Waals surface area (Å²) in [4.78, 5) is 0. The molecule has 2 rings (SSSR count). The van der Waals surface area contributed by atoms with Gasteiger partial charge in [0.25, 0.3) is 0 Å². The monoisotopic (exact) mass is 314 g/mol. The van der Waals surface area contributed by atoms with E-state index in [1.54, 1.807) is 5.56 Å². The molecule has 0 spiro atoms. The number of aryl methyl sites for hydroxylation is 2. The van der Waals surface area contributed by atoms with Crippen molar-refractivity contribution in [2.24, 2.45) is 11.8 Å². The van der Waals surface area contributed by atoms with Crippen LogP contribution in [0.15, 0.2) is 24.3 Å². The summed E-state index contributed by atoms with van der Waals surface area (Å²) in [7, 11) is 0. The van der Waals surface area contributed by atoms with E-state index in [1.165, 1.54) is 89.0 Å². The van der Waals surface area contributed by atoms with E-state index in [-0.39, 0.29) is 0 Å². The molecule has 23 heavy (non-hydrogen) atoms. The maximum absolute atomic E-state index is 2.39. The lowest BCUT2D eigenvalue weighted by molar-refractivity contribution is 0.252. The number of hydrogen-bond donors (Lipinski definition) is 0. The zero-order valence-electron chi connectivity index (χ0n) is 15.7. The Hall–Kier alpha value is -0.780. The molecule has 1 saturated carbocycles.